The topological polar surface area (TPSA) is 109 Å². The van der Waals surface area contributed by atoms with Gasteiger partial charge in [0.2, 0.25) is 0 Å². The summed E-state index contributed by atoms with van der Waals surface area (Å²) < 4.78 is 11.6. The maximum absolute atomic E-state index is 13.0. The van der Waals surface area contributed by atoms with Crippen molar-refractivity contribution in [2.75, 3.05) is 46.5 Å². The summed E-state index contributed by atoms with van der Waals surface area (Å²) in [5, 5.41) is 19.2. The van der Waals surface area contributed by atoms with Gasteiger partial charge >= 0.3 is 0 Å². The molecule has 2 aromatic carbocycles. The van der Waals surface area contributed by atoms with Crippen LogP contribution in [0.3, 0.4) is 0 Å². The average Bonchev–Trinajstić information content (AvgIpc) is 3.24. The molecule has 2 aliphatic heterocycles. The maximum Gasteiger partial charge on any atom is 0.254 e. The minimum atomic E-state index is -0.850. The van der Waals surface area contributed by atoms with E-state index in [1.807, 2.05) is 30.3 Å². The molecule has 0 spiro atoms. The van der Waals surface area contributed by atoms with Crippen LogP contribution in [0.5, 0.6) is 5.75 Å². The number of hydrogen-bond acceptors (Lipinski definition) is 6. The highest BCUT2D eigenvalue weighted by atomic mass is 16.5. The third kappa shape index (κ3) is 4.21. The number of rotatable bonds is 7. The quantitative estimate of drug-likeness (QED) is 0.509. The highest BCUT2D eigenvalue weighted by Crippen LogP contribution is 2.45. The second-order valence-corrected chi connectivity index (χ2v) is 8.12. The fourth-order valence-electron chi connectivity index (χ4n) is 4.32. The van der Waals surface area contributed by atoms with Crippen molar-refractivity contribution in [3.05, 3.63) is 64.7 Å². The number of fused-ring (bicyclic) bond motifs is 1. The number of ether oxygens (including phenoxy) is 2. The van der Waals surface area contributed by atoms with E-state index >= 15 is 0 Å². The first-order valence-corrected chi connectivity index (χ1v) is 10.9. The van der Waals surface area contributed by atoms with E-state index in [1.54, 1.807) is 12.1 Å². The molecule has 1 saturated heterocycles. The normalized spacial score (nSPS) is 22.0. The van der Waals surface area contributed by atoms with Crippen LogP contribution in [0.2, 0.25) is 0 Å². The Bertz CT molecular complexity index is 975. The number of aliphatic hydroxyl groups is 1. The second-order valence-electron chi connectivity index (χ2n) is 8.12. The Morgan fingerprint density at radius 2 is 2.03 bits per heavy atom. The molecule has 2 heterocycles. The fourth-order valence-corrected chi connectivity index (χ4v) is 4.32. The number of nitrogens with one attached hydrogen (secondary N) is 3. The lowest BCUT2D eigenvalue weighted by Gasteiger charge is -2.26. The maximum atomic E-state index is 13.0. The third-order valence-electron chi connectivity index (χ3n) is 6.15. The Morgan fingerprint density at radius 1 is 1.22 bits per heavy atom. The molecule has 2 atom stereocenters. The minimum absolute atomic E-state index is 0.0685. The molecular weight excluding hydrogens is 410 g/mol. The van der Waals surface area contributed by atoms with Crippen molar-refractivity contribution >= 4 is 11.8 Å². The van der Waals surface area contributed by atoms with Crippen LogP contribution in [-0.4, -0.2) is 69.5 Å². The van der Waals surface area contributed by atoms with Gasteiger partial charge in [0.1, 0.15) is 12.4 Å². The van der Waals surface area contributed by atoms with Crippen molar-refractivity contribution < 1.29 is 24.2 Å². The van der Waals surface area contributed by atoms with Crippen LogP contribution >= 0.6 is 0 Å². The summed E-state index contributed by atoms with van der Waals surface area (Å²) in [4.78, 5) is 25.6. The zero-order chi connectivity index (χ0) is 22.6. The lowest BCUT2D eigenvalue weighted by Crippen LogP contribution is -2.40. The summed E-state index contributed by atoms with van der Waals surface area (Å²) in [7, 11) is 1.53. The first-order valence-electron chi connectivity index (χ1n) is 10.9. The van der Waals surface area contributed by atoms with Crippen molar-refractivity contribution in [3.8, 4) is 5.75 Å². The Balaban J connectivity index is 1.64. The van der Waals surface area contributed by atoms with Gasteiger partial charge in [0.15, 0.2) is 0 Å². The number of aliphatic hydroxyl groups excluding tert-OH is 1. The Hall–Kier alpha value is -2.94. The first-order chi connectivity index (χ1) is 15.6. The summed E-state index contributed by atoms with van der Waals surface area (Å²) in [5.74, 6) is -0.228. The summed E-state index contributed by atoms with van der Waals surface area (Å²) in [6, 6.07) is 12.8. The summed E-state index contributed by atoms with van der Waals surface area (Å²) >= 11 is 0. The number of benzene rings is 2. The van der Waals surface area contributed by atoms with Crippen LogP contribution in [-0.2, 0) is 10.2 Å². The molecular formula is C24H29N3O5. The average molecular weight is 440 g/mol. The zero-order valence-electron chi connectivity index (χ0n) is 18.1. The molecule has 0 unspecified atom stereocenters. The van der Waals surface area contributed by atoms with E-state index in [0.29, 0.717) is 36.4 Å². The van der Waals surface area contributed by atoms with E-state index in [1.165, 1.54) is 7.05 Å². The molecule has 4 N–H and O–H groups in total. The van der Waals surface area contributed by atoms with Gasteiger partial charge < -0.3 is 30.5 Å². The zero-order valence-corrected chi connectivity index (χ0v) is 18.1. The molecule has 8 heteroatoms. The summed E-state index contributed by atoms with van der Waals surface area (Å²) in [5.41, 5.74) is 1.28. The molecule has 0 bridgehead atoms. The van der Waals surface area contributed by atoms with Gasteiger partial charge in [-0.1, -0.05) is 30.3 Å². The summed E-state index contributed by atoms with van der Waals surface area (Å²) in [6.45, 7) is 2.71. The molecule has 2 aliphatic rings. The number of hydrogen-bond donors (Lipinski definition) is 4. The minimum Gasteiger partial charge on any atom is -0.491 e. The second kappa shape index (κ2) is 9.68. The smallest absolute Gasteiger partial charge is 0.254 e. The third-order valence-corrected chi connectivity index (χ3v) is 6.15. The monoisotopic (exact) mass is 439 g/mol. The number of amides is 2. The van der Waals surface area contributed by atoms with Crippen molar-refractivity contribution in [3.63, 3.8) is 0 Å². The molecule has 0 saturated carbocycles. The highest BCUT2D eigenvalue weighted by molar-refractivity contribution is 6.02. The van der Waals surface area contributed by atoms with Gasteiger partial charge in [0.25, 0.3) is 11.8 Å². The van der Waals surface area contributed by atoms with Crippen LogP contribution in [0.1, 0.15) is 38.3 Å². The molecule has 0 aromatic heterocycles. The van der Waals surface area contributed by atoms with E-state index in [0.717, 1.165) is 18.7 Å². The Morgan fingerprint density at radius 3 is 2.72 bits per heavy atom. The number of morpholine rings is 1. The molecule has 1 fully saturated rings. The van der Waals surface area contributed by atoms with E-state index < -0.39 is 5.41 Å². The van der Waals surface area contributed by atoms with Crippen molar-refractivity contribution in [2.45, 2.75) is 17.9 Å². The van der Waals surface area contributed by atoms with E-state index in [2.05, 4.69) is 16.0 Å². The van der Waals surface area contributed by atoms with Gasteiger partial charge in [0, 0.05) is 37.8 Å². The van der Waals surface area contributed by atoms with Crippen LogP contribution in [0.4, 0.5) is 0 Å². The van der Waals surface area contributed by atoms with Crippen LogP contribution in [0.25, 0.3) is 0 Å². The van der Waals surface area contributed by atoms with Crippen molar-refractivity contribution in [2.24, 2.45) is 0 Å². The molecule has 0 radical (unpaired) electrons. The number of carbonyl (C=O) groups is 2. The Labute approximate surface area is 187 Å². The molecule has 2 aromatic rings. The Kier molecular flexibility index (Phi) is 6.74. The van der Waals surface area contributed by atoms with Gasteiger partial charge in [-0.3, -0.25) is 9.59 Å². The van der Waals surface area contributed by atoms with E-state index in [4.69, 9.17) is 9.47 Å². The summed E-state index contributed by atoms with van der Waals surface area (Å²) in [6.07, 6.45) is 0.763. The SMILES string of the molecule is CNC(=O)c1cc(C(=O)NCC[C@@H]2CNCCO2)cc2c1OC[C@]2(CO)c1ccccc1. The van der Waals surface area contributed by atoms with Crippen LogP contribution < -0.4 is 20.7 Å². The first kappa shape index (κ1) is 22.3. The molecule has 8 nitrogen and oxygen atoms in total. The van der Waals surface area contributed by atoms with Gasteiger partial charge in [-0.15, -0.1) is 0 Å². The van der Waals surface area contributed by atoms with Crippen molar-refractivity contribution in [1.82, 2.24) is 16.0 Å². The van der Waals surface area contributed by atoms with E-state index in [9.17, 15) is 14.7 Å². The molecule has 0 aliphatic carbocycles. The van der Waals surface area contributed by atoms with Crippen LogP contribution in [0, 0.1) is 0 Å². The molecule has 170 valence electrons. The predicted molar refractivity (Wildman–Crippen MR) is 119 cm³/mol. The van der Waals surface area contributed by atoms with Gasteiger partial charge in [-0.25, -0.2) is 0 Å². The van der Waals surface area contributed by atoms with E-state index in [-0.39, 0.29) is 36.7 Å². The van der Waals surface area contributed by atoms with Gasteiger partial charge in [-0.2, -0.15) is 0 Å². The lowest BCUT2D eigenvalue weighted by molar-refractivity contribution is 0.0239. The highest BCUT2D eigenvalue weighted by Gasteiger charge is 2.44. The largest absolute Gasteiger partial charge is 0.491 e. The fraction of sp³-hybridized carbons (Fsp3) is 0.417. The number of carbonyl (C=O) groups excluding carboxylic acids is 2. The van der Waals surface area contributed by atoms with Crippen LogP contribution in [0.15, 0.2) is 42.5 Å². The lowest BCUT2D eigenvalue weighted by atomic mass is 9.76. The predicted octanol–water partition coefficient (Wildman–Crippen LogP) is 0.825. The molecule has 2 amide bonds. The van der Waals surface area contributed by atoms with Gasteiger partial charge in [-0.05, 0) is 24.1 Å². The van der Waals surface area contributed by atoms with Crippen molar-refractivity contribution in [1.29, 1.82) is 0 Å². The van der Waals surface area contributed by atoms with Gasteiger partial charge in [0.05, 0.1) is 30.3 Å². The molecule has 32 heavy (non-hydrogen) atoms. The molecule has 4 rings (SSSR count). The standard InChI is InChI=1S/C24H29N3O5/c1-25-23(30)19-11-16(22(29)27-8-7-18-13-26-9-10-31-18)12-20-21(19)32-15-24(20,14-28)17-5-3-2-4-6-17/h2-6,11-12,18,26,28H,7-10,13-15H2,1H3,(H,25,30)(H,27,29)/t18-,24-/m1/s1.